The maximum atomic E-state index is 12.0. The lowest BCUT2D eigenvalue weighted by Crippen LogP contribution is -2.24. The summed E-state index contributed by atoms with van der Waals surface area (Å²) >= 11 is 1.35. The van der Waals surface area contributed by atoms with Gasteiger partial charge in [-0.2, -0.15) is 0 Å². The second-order valence-corrected chi connectivity index (χ2v) is 4.93. The number of aromatic amines is 1. The lowest BCUT2D eigenvalue weighted by Gasteiger charge is -2.03. The quantitative estimate of drug-likeness (QED) is 0.571. The summed E-state index contributed by atoms with van der Waals surface area (Å²) in [5.74, 6) is 6.12. The first-order chi connectivity index (χ1) is 9.81. The van der Waals surface area contributed by atoms with Gasteiger partial charge in [0.15, 0.2) is 0 Å². The second-order valence-electron chi connectivity index (χ2n) is 4.02. The highest BCUT2D eigenvalue weighted by atomic mass is 32.1. The maximum absolute atomic E-state index is 12.0. The van der Waals surface area contributed by atoms with Crippen LogP contribution in [0.4, 0.5) is 0 Å². The molecule has 0 saturated heterocycles. The van der Waals surface area contributed by atoms with Crippen LogP contribution in [0.15, 0.2) is 23.8 Å². The van der Waals surface area contributed by atoms with E-state index in [0.29, 0.717) is 17.0 Å². The zero-order valence-corrected chi connectivity index (χ0v) is 11.7. The van der Waals surface area contributed by atoms with Crippen LogP contribution in [-0.2, 0) is 6.42 Å². The van der Waals surface area contributed by atoms with E-state index in [0.717, 1.165) is 18.7 Å². The number of rotatable bonds is 5. The molecule has 0 atom stereocenters. The first kappa shape index (κ1) is 14.3. The van der Waals surface area contributed by atoms with Gasteiger partial charge in [0.2, 0.25) is 0 Å². The predicted octanol–water partition coefficient (Wildman–Crippen LogP) is 1.18. The average Bonchev–Trinajstić information content (AvgIpc) is 3.12. The smallest absolute Gasteiger partial charge is 0.262 e. The zero-order chi connectivity index (χ0) is 14.2. The topological polar surface area (TPSA) is 78.0 Å². The van der Waals surface area contributed by atoms with E-state index < -0.39 is 0 Å². The summed E-state index contributed by atoms with van der Waals surface area (Å²) in [7, 11) is 0. The van der Waals surface area contributed by atoms with Gasteiger partial charge in [0.05, 0.1) is 0 Å². The molecule has 6 heteroatoms. The number of amides is 1. The Morgan fingerprint density at radius 3 is 3.20 bits per heavy atom. The molecule has 0 aliphatic rings. The van der Waals surface area contributed by atoms with E-state index in [2.05, 4.69) is 27.1 Å². The summed E-state index contributed by atoms with van der Waals surface area (Å²) in [6.07, 6.45) is 5.12. The van der Waals surface area contributed by atoms with Gasteiger partial charge in [0.25, 0.3) is 5.91 Å². The third kappa shape index (κ3) is 3.95. The summed E-state index contributed by atoms with van der Waals surface area (Å²) in [6, 6.07) is 1.78. The SMILES string of the molecule is O=C(NCCCc1ncc[nH]1)c1sccc1C#CCO. The Balaban J connectivity index is 1.81. The van der Waals surface area contributed by atoms with E-state index in [1.54, 1.807) is 18.5 Å². The molecule has 0 aromatic carbocycles. The molecule has 2 rings (SSSR count). The van der Waals surface area contributed by atoms with Crippen molar-refractivity contribution in [3.63, 3.8) is 0 Å². The van der Waals surface area contributed by atoms with Crippen molar-refractivity contribution in [2.45, 2.75) is 12.8 Å². The number of carbonyl (C=O) groups is 1. The number of hydrogen-bond acceptors (Lipinski definition) is 4. The number of H-pyrrole nitrogens is 1. The van der Waals surface area contributed by atoms with Crippen LogP contribution in [0.5, 0.6) is 0 Å². The molecule has 104 valence electrons. The van der Waals surface area contributed by atoms with Crippen LogP contribution < -0.4 is 5.32 Å². The number of aromatic nitrogens is 2. The molecule has 2 aromatic rings. The van der Waals surface area contributed by atoms with Crippen molar-refractivity contribution in [2.24, 2.45) is 0 Å². The number of aliphatic hydroxyl groups is 1. The molecular formula is C14H15N3O2S. The van der Waals surface area contributed by atoms with E-state index in [9.17, 15) is 4.79 Å². The highest BCUT2D eigenvalue weighted by molar-refractivity contribution is 7.12. The molecule has 20 heavy (non-hydrogen) atoms. The number of thiophene rings is 1. The Morgan fingerprint density at radius 2 is 2.45 bits per heavy atom. The van der Waals surface area contributed by atoms with Crippen molar-refractivity contribution in [3.8, 4) is 11.8 Å². The molecule has 1 amide bonds. The van der Waals surface area contributed by atoms with Crippen molar-refractivity contribution in [1.29, 1.82) is 0 Å². The first-order valence-electron chi connectivity index (χ1n) is 6.25. The monoisotopic (exact) mass is 289 g/mol. The van der Waals surface area contributed by atoms with Crippen molar-refractivity contribution >= 4 is 17.2 Å². The van der Waals surface area contributed by atoms with Crippen LogP contribution in [0, 0.1) is 11.8 Å². The van der Waals surface area contributed by atoms with Gasteiger partial charge in [-0.3, -0.25) is 4.79 Å². The predicted molar refractivity (Wildman–Crippen MR) is 77.5 cm³/mol. The van der Waals surface area contributed by atoms with E-state index in [-0.39, 0.29) is 12.5 Å². The molecule has 2 aromatic heterocycles. The van der Waals surface area contributed by atoms with Crippen molar-refractivity contribution in [3.05, 3.63) is 40.1 Å². The molecule has 3 N–H and O–H groups in total. The molecule has 5 nitrogen and oxygen atoms in total. The van der Waals surface area contributed by atoms with Crippen LogP contribution in [0.25, 0.3) is 0 Å². The van der Waals surface area contributed by atoms with Gasteiger partial charge < -0.3 is 15.4 Å². The van der Waals surface area contributed by atoms with Crippen molar-refractivity contribution < 1.29 is 9.90 Å². The van der Waals surface area contributed by atoms with Gasteiger partial charge >= 0.3 is 0 Å². The minimum Gasteiger partial charge on any atom is -0.384 e. The number of aliphatic hydroxyl groups excluding tert-OH is 1. The number of carbonyl (C=O) groups excluding carboxylic acids is 1. The fraction of sp³-hybridized carbons (Fsp3) is 0.286. The lowest BCUT2D eigenvalue weighted by molar-refractivity contribution is 0.0957. The second kappa shape index (κ2) is 7.48. The molecule has 2 heterocycles. The van der Waals surface area contributed by atoms with E-state index in [4.69, 9.17) is 5.11 Å². The van der Waals surface area contributed by atoms with Crippen LogP contribution in [0.1, 0.15) is 27.5 Å². The minimum absolute atomic E-state index is 0.123. The summed E-state index contributed by atoms with van der Waals surface area (Å²) in [5, 5.41) is 13.4. The Labute approximate surface area is 121 Å². The molecule has 0 spiro atoms. The molecule has 0 radical (unpaired) electrons. The van der Waals surface area contributed by atoms with Gasteiger partial charge in [-0.1, -0.05) is 11.8 Å². The number of aryl methyl sites for hydroxylation is 1. The normalized spacial score (nSPS) is 9.85. The summed E-state index contributed by atoms with van der Waals surface area (Å²) in [5.41, 5.74) is 0.660. The maximum Gasteiger partial charge on any atom is 0.262 e. The number of nitrogens with one attached hydrogen (secondary N) is 2. The first-order valence-corrected chi connectivity index (χ1v) is 7.13. The third-order valence-electron chi connectivity index (χ3n) is 2.60. The standard InChI is InChI=1S/C14H15N3O2S/c18-9-2-3-11-5-10-20-13(11)14(19)17-6-1-4-12-15-7-8-16-12/h5,7-8,10,18H,1,4,6,9H2,(H,15,16)(H,17,19). The Hall–Kier alpha value is -2.10. The fourth-order valence-electron chi connectivity index (χ4n) is 1.69. The van der Waals surface area contributed by atoms with Crippen LogP contribution in [0.3, 0.4) is 0 Å². The zero-order valence-electron chi connectivity index (χ0n) is 10.8. The molecule has 0 aliphatic heterocycles. The van der Waals surface area contributed by atoms with Crippen LogP contribution in [0.2, 0.25) is 0 Å². The number of nitrogens with zero attached hydrogens (tertiary/aromatic N) is 1. The molecule has 0 aliphatic carbocycles. The third-order valence-corrected chi connectivity index (χ3v) is 3.52. The number of hydrogen-bond donors (Lipinski definition) is 3. The Kier molecular flexibility index (Phi) is 5.35. The summed E-state index contributed by atoms with van der Waals surface area (Å²) in [6.45, 7) is 0.379. The van der Waals surface area contributed by atoms with Crippen LogP contribution in [-0.4, -0.2) is 34.1 Å². The number of imidazole rings is 1. The lowest BCUT2D eigenvalue weighted by atomic mass is 10.2. The van der Waals surface area contributed by atoms with E-state index in [1.165, 1.54) is 11.3 Å². The molecule has 0 saturated carbocycles. The van der Waals surface area contributed by atoms with Crippen molar-refractivity contribution in [2.75, 3.05) is 13.2 Å². The van der Waals surface area contributed by atoms with Gasteiger partial charge in [0.1, 0.15) is 17.3 Å². The molecule has 0 bridgehead atoms. The largest absolute Gasteiger partial charge is 0.384 e. The van der Waals surface area contributed by atoms with E-state index in [1.807, 2.05) is 5.38 Å². The molecule has 0 fully saturated rings. The fourth-order valence-corrected chi connectivity index (χ4v) is 2.46. The highest BCUT2D eigenvalue weighted by Crippen LogP contribution is 2.15. The van der Waals surface area contributed by atoms with Gasteiger partial charge in [0, 0.05) is 30.9 Å². The Bertz CT molecular complexity index is 608. The van der Waals surface area contributed by atoms with Gasteiger partial charge in [-0.05, 0) is 17.9 Å². The van der Waals surface area contributed by atoms with Crippen LogP contribution >= 0.6 is 11.3 Å². The van der Waals surface area contributed by atoms with Gasteiger partial charge in [-0.15, -0.1) is 11.3 Å². The Morgan fingerprint density at radius 1 is 1.55 bits per heavy atom. The molecule has 0 unspecified atom stereocenters. The minimum atomic E-state index is -0.208. The van der Waals surface area contributed by atoms with Gasteiger partial charge in [-0.25, -0.2) is 4.98 Å². The highest BCUT2D eigenvalue weighted by Gasteiger charge is 2.11. The van der Waals surface area contributed by atoms with E-state index >= 15 is 0 Å². The molecular weight excluding hydrogens is 274 g/mol. The summed E-state index contributed by atoms with van der Waals surface area (Å²) in [4.78, 5) is 19.7. The average molecular weight is 289 g/mol. The summed E-state index contributed by atoms with van der Waals surface area (Å²) < 4.78 is 0. The van der Waals surface area contributed by atoms with Crippen molar-refractivity contribution in [1.82, 2.24) is 15.3 Å².